The highest BCUT2D eigenvalue weighted by Crippen LogP contribution is 2.50. The minimum absolute atomic E-state index is 0.0580. The van der Waals surface area contributed by atoms with Gasteiger partial charge in [0.25, 0.3) is 5.91 Å². The minimum atomic E-state index is -2.67. The Kier molecular flexibility index (Phi) is 5.14. The fourth-order valence-corrected chi connectivity index (χ4v) is 5.61. The molecule has 9 heteroatoms. The van der Waals surface area contributed by atoms with E-state index in [0.717, 1.165) is 19.3 Å². The van der Waals surface area contributed by atoms with Crippen molar-refractivity contribution in [3.63, 3.8) is 0 Å². The summed E-state index contributed by atoms with van der Waals surface area (Å²) in [6, 6.07) is 2.94. The fraction of sp³-hybridized carbons (Fsp3) is 0.519. The number of aromatic nitrogens is 2. The molecule has 36 heavy (non-hydrogen) atoms. The number of nitrogens with zero attached hydrogens (tertiary/aromatic N) is 3. The van der Waals surface area contributed by atoms with Crippen molar-refractivity contribution in [3.05, 3.63) is 35.4 Å². The van der Waals surface area contributed by atoms with Crippen LogP contribution in [0.4, 0.5) is 5.82 Å². The normalized spacial score (nSPS) is 23.1. The van der Waals surface area contributed by atoms with Crippen molar-refractivity contribution in [2.24, 2.45) is 11.7 Å². The molecule has 192 valence electrons. The van der Waals surface area contributed by atoms with Gasteiger partial charge >= 0.3 is 0 Å². The predicted octanol–water partition coefficient (Wildman–Crippen LogP) is 3.72. The maximum Gasteiger partial charge on any atom is 0.254 e. The number of nitrogens with two attached hydrogens (primary N) is 1. The summed E-state index contributed by atoms with van der Waals surface area (Å²) in [4.78, 5) is 27.0. The highest BCUT2D eigenvalue weighted by atomic mass is 16.5. The van der Waals surface area contributed by atoms with E-state index in [-0.39, 0.29) is 41.3 Å². The van der Waals surface area contributed by atoms with Gasteiger partial charge in [0.05, 0.1) is 27.0 Å². The Morgan fingerprint density at radius 2 is 1.92 bits per heavy atom. The van der Waals surface area contributed by atoms with E-state index in [2.05, 4.69) is 5.32 Å². The molecule has 1 saturated carbocycles. The van der Waals surface area contributed by atoms with Crippen LogP contribution in [0.15, 0.2) is 24.2 Å². The number of anilines is 1. The van der Waals surface area contributed by atoms with Gasteiger partial charge in [-0.15, -0.1) is 0 Å². The molecule has 0 radical (unpaired) electrons. The van der Waals surface area contributed by atoms with Crippen LogP contribution in [0.1, 0.15) is 73.8 Å². The molecule has 1 aliphatic carbocycles. The molecular formula is C27H35N5O4. The van der Waals surface area contributed by atoms with Crippen LogP contribution in [-0.2, 0) is 4.79 Å². The smallest absolute Gasteiger partial charge is 0.254 e. The van der Waals surface area contributed by atoms with E-state index in [1.807, 2.05) is 0 Å². The van der Waals surface area contributed by atoms with Crippen molar-refractivity contribution in [2.75, 3.05) is 39.1 Å². The van der Waals surface area contributed by atoms with Crippen LogP contribution < -0.4 is 20.5 Å². The Morgan fingerprint density at radius 1 is 1.19 bits per heavy atom. The highest BCUT2D eigenvalue weighted by Gasteiger charge is 2.37. The van der Waals surface area contributed by atoms with Gasteiger partial charge in [-0.05, 0) is 69.0 Å². The molecule has 2 aliphatic heterocycles. The van der Waals surface area contributed by atoms with Gasteiger partial charge in [-0.25, -0.2) is 4.68 Å². The number of likely N-dealkylation sites (tertiary alicyclic amines) is 1. The molecule has 0 bridgehead atoms. The number of carbonyl (C=O) groups is 2. The van der Waals surface area contributed by atoms with E-state index in [1.54, 1.807) is 21.7 Å². The first-order valence-electron chi connectivity index (χ1n) is 14.9. The van der Waals surface area contributed by atoms with Gasteiger partial charge in [-0.1, -0.05) is 6.05 Å². The zero-order chi connectivity index (χ0) is 29.6. The van der Waals surface area contributed by atoms with Gasteiger partial charge in [0.1, 0.15) is 28.6 Å². The molecule has 1 aromatic heterocycles. The molecule has 2 fully saturated rings. The Morgan fingerprint density at radius 3 is 2.53 bits per heavy atom. The zero-order valence-electron chi connectivity index (χ0n) is 25.6. The Bertz CT molecular complexity index is 1390. The molecular weight excluding hydrogens is 458 g/mol. The van der Waals surface area contributed by atoms with Crippen LogP contribution in [0.3, 0.4) is 0 Å². The molecule has 2 aromatic rings. The lowest BCUT2D eigenvalue weighted by molar-refractivity contribution is -0.127. The lowest BCUT2D eigenvalue weighted by atomic mass is 9.87. The number of amides is 2. The summed E-state index contributed by atoms with van der Waals surface area (Å²) in [5.41, 5.74) is 7.55. The van der Waals surface area contributed by atoms with Crippen molar-refractivity contribution < 1.29 is 25.9 Å². The van der Waals surface area contributed by atoms with E-state index < -0.39 is 18.9 Å². The van der Waals surface area contributed by atoms with E-state index in [1.165, 1.54) is 14.0 Å². The van der Waals surface area contributed by atoms with Crippen molar-refractivity contribution >= 4 is 17.6 Å². The largest absolute Gasteiger partial charge is 0.496 e. The number of primary amides is 1. The molecule has 1 atom stereocenters. The highest BCUT2D eigenvalue weighted by molar-refractivity contribution is 6.04. The van der Waals surface area contributed by atoms with Crippen LogP contribution >= 0.6 is 0 Å². The lowest BCUT2D eigenvalue weighted by Crippen LogP contribution is -2.41. The Balaban J connectivity index is 1.50. The number of carbonyl (C=O) groups excluding carboxylic acids is 2. The summed E-state index contributed by atoms with van der Waals surface area (Å²) in [5.74, 6) is 0.347. The molecule has 3 N–H and O–H groups in total. The van der Waals surface area contributed by atoms with Gasteiger partial charge in [-0.3, -0.25) is 9.59 Å². The summed E-state index contributed by atoms with van der Waals surface area (Å²) in [6.07, 6.45) is 3.91. The molecule has 5 rings (SSSR count). The Labute approximate surface area is 218 Å². The first-order chi connectivity index (χ1) is 19.4. The third-order valence-corrected chi connectivity index (χ3v) is 7.50. The number of fused-ring (bicyclic) bond motifs is 1. The molecule has 3 heterocycles. The summed E-state index contributed by atoms with van der Waals surface area (Å²) in [5, 5.41) is 8.14. The number of benzene rings is 1. The fourth-order valence-electron chi connectivity index (χ4n) is 5.61. The number of hydrogen-bond donors (Lipinski definition) is 2. The molecule has 1 aromatic carbocycles. The molecule has 1 saturated heterocycles. The number of ether oxygens (including phenoxy) is 2. The van der Waals surface area contributed by atoms with Crippen molar-refractivity contribution in [1.82, 2.24) is 14.7 Å². The number of nitrogens with one attached hydrogen (secondary N) is 1. The predicted molar refractivity (Wildman–Crippen MR) is 138 cm³/mol. The van der Waals surface area contributed by atoms with Crippen molar-refractivity contribution in [2.45, 2.75) is 51.0 Å². The summed E-state index contributed by atoms with van der Waals surface area (Å²) in [7, 11) is -1.16. The van der Waals surface area contributed by atoms with Crippen LogP contribution in [0.2, 0.25) is 0 Å². The first-order valence-corrected chi connectivity index (χ1v) is 12.4. The van der Waals surface area contributed by atoms with Crippen LogP contribution in [0, 0.1) is 5.92 Å². The molecule has 9 nitrogen and oxygen atoms in total. The van der Waals surface area contributed by atoms with E-state index >= 15 is 0 Å². The molecule has 0 spiro atoms. The standard InChI is InChI=1S/C27H35N5O4/c1-4-5-22(33)31-12-9-16(10-13-31)19-8-11-29-27-24(26(28)34)25(30-32(19)27)18-14-20(35-2)23(17-6-7-17)21(15-18)36-3/h4-5,14-17,19,29H,6-13H2,1-3H3,(H2,28,34)/b5-4-/i2D3,4D,5D. The summed E-state index contributed by atoms with van der Waals surface area (Å²) in [6.45, 7) is 2.96. The third-order valence-electron chi connectivity index (χ3n) is 7.50. The van der Waals surface area contributed by atoms with Crippen LogP contribution in [0.5, 0.6) is 11.5 Å². The van der Waals surface area contributed by atoms with E-state index in [9.17, 15) is 9.59 Å². The SMILES string of the molecule is [2H]/C(C)=C(\[2H])C(=O)N1CCC(C2CCNc3c(C(N)=O)c(-c4cc(OC)c(C5CC5)c(OC([2H])([2H])[2H])c4)nn32)CC1. The number of piperidine rings is 1. The summed E-state index contributed by atoms with van der Waals surface area (Å²) < 4.78 is 51.4. The first kappa shape index (κ1) is 18.7. The topological polar surface area (TPSA) is 112 Å². The monoisotopic (exact) mass is 498 g/mol. The van der Waals surface area contributed by atoms with Gasteiger partial charge in [0.2, 0.25) is 5.91 Å². The number of rotatable bonds is 7. The van der Waals surface area contributed by atoms with Crippen LogP contribution in [0.25, 0.3) is 11.3 Å². The average molecular weight is 499 g/mol. The minimum Gasteiger partial charge on any atom is -0.496 e. The zero-order valence-corrected chi connectivity index (χ0v) is 20.6. The van der Waals surface area contributed by atoms with E-state index in [0.29, 0.717) is 60.9 Å². The maximum absolute atomic E-state index is 12.8. The van der Waals surface area contributed by atoms with Crippen molar-refractivity contribution in [3.8, 4) is 22.8 Å². The maximum atomic E-state index is 12.8. The second-order valence-electron chi connectivity index (χ2n) is 9.64. The van der Waals surface area contributed by atoms with Gasteiger partial charge < -0.3 is 25.4 Å². The number of methoxy groups -OCH3 is 2. The number of hydrogen-bond acceptors (Lipinski definition) is 6. The van der Waals surface area contributed by atoms with Gasteiger partial charge in [-0.2, -0.15) is 5.10 Å². The average Bonchev–Trinajstić information content (AvgIpc) is 3.68. The summed E-state index contributed by atoms with van der Waals surface area (Å²) >= 11 is 0. The second kappa shape index (κ2) is 9.87. The molecule has 3 aliphatic rings. The molecule has 1 unspecified atom stereocenters. The van der Waals surface area contributed by atoms with E-state index in [4.69, 9.17) is 27.2 Å². The van der Waals surface area contributed by atoms with Gasteiger partial charge in [0.15, 0.2) is 0 Å². The molecule has 2 amide bonds. The lowest BCUT2D eigenvalue weighted by Gasteiger charge is -2.38. The van der Waals surface area contributed by atoms with Crippen LogP contribution in [-0.4, -0.2) is 60.3 Å². The number of allylic oxidation sites excluding steroid dienone is 1. The van der Waals surface area contributed by atoms with Crippen molar-refractivity contribution in [1.29, 1.82) is 0 Å². The van der Waals surface area contributed by atoms with Gasteiger partial charge in [0, 0.05) is 30.8 Å². The quantitative estimate of drug-likeness (QED) is 0.563. The Hall–Kier alpha value is -3.49. The third kappa shape index (κ3) is 4.31. The second-order valence-corrected chi connectivity index (χ2v) is 9.64.